The van der Waals surface area contributed by atoms with E-state index >= 15 is 0 Å². The lowest BCUT2D eigenvalue weighted by Gasteiger charge is -2.10. The molecule has 98 valence electrons. The van der Waals surface area contributed by atoms with Gasteiger partial charge in [0, 0.05) is 5.02 Å². The number of aryl methyl sites for hydroxylation is 1. The molecule has 0 aliphatic carbocycles. The van der Waals surface area contributed by atoms with Crippen molar-refractivity contribution in [3.05, 3.63) is 58.4 Å². The second-order valence-corrected chi connectivity index (χ2v) is 4.42. The molecule has 0 bridgehead atoms. The lowest BCUT2D eigenvalue weighted by Crippen LogP contribution is -2.00. The van der Waals surface area contributed by atoms with E-state index in [4.69, 9.17) is 21.4 Å². The summed E-state index contributed by atoms with van der Waals surface area (Å²) in [5.41, 5.74) is 0.690. The summed E-state index contributed by atoms with van der Waals surface area (Å²) in [5, 5.41) is 9.33. The van der Waals surface area contributed by atoms with Gasteiger partial charge in [-0.2, -0.15) is 0 Å². The number of carboxylic acid groups (broad SMARTS) is 1. The number of carbonyl (C=O) groups is 1. The van der Waals surface area contributed by atoms with E-state index in [2.05, 4.69) is 0 Å². The van der Waals surface area contributed by atoms with Crippen molar-refractivity contribution in [2.75, 3.05) is 0 Å². The van der Waals surface area contributed by atoms with Gasteiger partial charge < -0.3 is 9.84 Å². The van der Waals surface area contributed by atoms with E-state index < -0.39 is 11.8 Å². The molecule has 1 N–H and O–H groups in total. The lowest BCUT2D eigenvalue weighted by molar-refractivity contribution is 0.0694. The molecule has 0 aliphatic rings. The molecular formula is C14H10ClFO3. The molecule has 0 saturated heterocycles. The summed E-state index contributed by atoms with van der Waals surface area (Å²) in [5.74, 6) is -1.73. The smallest absolute Gasteiger partial charge is 0.339 e. The first-order valence-corrected chi connectivity index (χ1v) is 5.82. The third kappa shape index (κ3) is 3.03. The minimum absolute atomic E-state index is 0.0233. The first-order valence-electron chi connectivity index (χ1n) is 5.44. The van der Waals surface area contributed by atoms with Crippen LogP contribution in [0, 0.1) is 12.7 Å². The number of benzene rings is 2. The van der Waals surface area contributed by atoms with Crippen molar-refractivity contribution in [1.29, 1.82) is 0 Å². The van der Waals surface area contributed by atoms with E-state index in [9.17, 15) is 9.18 Å². The number of halogens is 2. The second-order valence-electron chi connectivity index (χ2n) is 3.98. The van der Waals surface area contributed by atoms with E-state index in [0.717, 1.165) is 5.56 Å². The summed E-state index contributed by atoms with van der Waals surface area (Å²) in [6, 6.07) is 8.50. The molecule has 5 heteroatoms. The molecule has 0 unspecified atom stereocenters. The maximum Gasteiger partial charge on any atom is 0.339 e. The minimum Gasteiger partial charge on any atom is -0.478 e. The molecule has 0 spiro atoms. The van der Waals surface area contributed by atoms with Crippen molar-refractivity contribution in [2.45, 2.75) is 6.92 Å². The molecule has 0 radical (unpaired) electrons. The third-order valence-electron chi connectivity index (χ3n) is 2.48. The van der Waals surface area contributed by atoms with E-state index in [-0.39, 0.29) is 22.1 Å². The molecule has 19 heavy (non-hydrogen) atoms. The maximum atomic E-state index is 13.6. The SMILES string of the molecule is Cc1ccc(F)c(Oc2ccc(Cl)cc2C(=O)O)c1. The van der Waals surface area contributed by atoms with Crippen LogP contribution in [-0.4, -0.2) is 11.1 Å². The van der Waals surface area contributed by atoms with Gasteiger partial charge in [0.1, 0.15) is 11.3 Å². The summed E-state index contributed by atoms with van der Waals surface area (Å²) in [6.45, 7) is 1.78. The van der Waals surface area contributed by atoms with Crippen molar-refractivity contribution in [2.24, 2.45) is 0 Å². The Kier molecular flexibility index (Phi) is 3.71. The van der Waals surface area contributed by atoms with E-state index in [1.165, 1.54) is 30.3 Å². The lowest BCUT2D eigenvalue weighted by atomic mass is 10.2. The van der Waals surface area contributed by atoms with E-state index in [0.29, 0.717) is 0 Å². The molecule has 2 aromatic carbocycles. The van der Waals surface area contributed by atoms with Crippen LogP contribution in [0.2, 0.25) is 5.02 Å². The van der Waals surface area contributed by atoms with Crippen LogP contribution in [0.25, 0.3) is 0 Å². The van der Waals surface area contributed by atoms with Crippen molar-refractivity contribution in [3.8, 4) is 11.5 Å². The van der Waals surface area contributed by atoms with Crippen LogP contribution in [0.3, 0.4) is 0 Å². The quantitative estimate of drug-likeness (QED) is 0.913. The molecule has 0 amide bonds. The molecule has 0 aliphatic heterocycles. The molecular weight excluding hydrogens is 271 g/mol. The monoisotopic (exact) mass is 280 g/mol. The highest BCUT2D eigenvalue weighted by atomic mass is 35.5. The molecule has 0 aromatic heterocycles. The standard InChI is InChI=1S/C14H10ClFO3/c1-8-2-4-11(16)13(6-8)19-12-5-3-9(15)7-10(12)14(17)18/h2-7H,1H3,(H,17,18). The Morgan fingerprint density at radius 1 is 1.21 bits per heavy atom. The van der Waals surface area contributed by atoms with Crippen LogP contribution < -0.4 is 4.74 Å². The fourth-order valence-corrected chi connectivity index (χ4v) is 1.74. The molecule has 0 atom stereocenters. The van der Waals surface area contributed by atoms with Crippen molar-refractivity contribution >= 4 is 17.6 Å². The molecule has 0 heterocycles. The van der Waals surface area contributed by atoms with Crippen LogP contribution >= 0.6 is 11.6 Å². The molecule has 0 saturated carbocycles. The summed E-state index contributed by atoms with van der Waals surface area (Å²) < 4.78 is 18.9. The normalized spacial score (nSPS) is 10.3. The summed E-state index contributed by atoms with van der Waals surface area (Å²) in [7, 11) is 0. The molecule has 2 aromatic rings. The van der Waals surface area contributed by atoms with Gasteiger partial charge in [-0.1, -0.05) is 17.7 Å². The van der Waals surface area contributed by atoms with Gasteiger partial charge in [-0.15, -0.1) is 0 Å². The number of aromatic carboxylic acids is 1. The van der Waals surface area contributed by atoms with E-state index in [1.54, 1.807) is 13.0 Å². The Morgan fingerprint density at radius 2 is 1.95 bits per heavy atom. The van der Waals surface area contributed by atoms with Crippen LogP contribution in [0.5, 0.6) is 11.5 Å². The van der Waals surface area contributed by atoms with Crippen molar-refractivity contribution in [1.82, 2.24) is 0 Å². The minimum atomic E-state index is -1.19. The number of carboxylic acids is 1. The Hall–Kier alpha value is -2.07. The largest absolute Gasteiger partial charge is 0.478 e. The second kappa shape index (κ2) is 5.28. The molecule has 0 fully saturated rings. The summed E-state index contributed by atoms with van der Waals surface area (Å²) in [6.07, 6.45) is 0. The average molecular weight is 281 g/mol. The molecule has 2 rings (SSSR count). The van der Waals surface area contributed by atoms with Crippen molar-refractivity contribution in [3.63, 3.8) is 0 Å². The predicted molar refractivity (Wildman–Crippen MR) is 69.6 cm³/mol. The molecule has 3 nitrogen and oxygen atoms in total. The van der Waals surface area contributed by atoms with Gasteiger partial charge >= 0.3 is 5.97 Å². The number of rotatable bonds is 3. The Balaban J connectivity index is 2.43. The van der Waals surface area contributed by atoms with Gasteiger partial charge in [-0.3, -0.25) is 0 Å². The summed E-state index contributed by atoms with van der Waals surface area (Å²) in [4.78, 5) is 11.1. The van der Waals surface area contributed by atoms with Crippen molar-refractivity contribution < 1.29 is 19.0 Å². The van der Waals surface area contributed by atoms with Gasteiger partial charge in [0.2, 0.25) is 0 Å². The van der Waals surface area contributed by atoms with Crippen LogP contribution in [0.15, 0.2) is 36.4 Å². The Bertz CT molecular complexity index is 641. The summed E-state index contributed by atoms with van der Waals surface area (Å²) >= 11 is 5.73. The zero-order valence-electron chi connectivity index (χ0n) is 9.98. The fraction of sp³-hybridized carbons (Fsp3) is 0.0714. The average Bonchev–Trinajstić information content (AvgIpc) is 2.35. The topological polar surface area (TPSA) is 46.5 Å². The number of hydrogen-bond acceptors (Lipinski definition) is 2. The highest BCUT2D eigenvalue weighted by Gasteiger charge is 2.14. The van der Waals surface area contributed by atoms with Gasteiger partial charge in [0.15, 0.2) is 11.6 Å². The van der Waals surface area contributed by atoms with Gasteiger partial charge in [0.25, 0.3) is 0 Å². The maximum absolute atomic E-state index is 13.6. The van der Waals surface area contributed by atoms with Gasteiger partial charge in [0.05, 0.1) is 0 Å². The number of hydrogen-bond donors (Lipinski definition) is 1. The Morgan fingerprint density at radius 3 is 2.63 bits per heavy atom. The first-order chi connectivity index (χ1) is 8.97. The zero-order chi connectivity index (χ0) is 14.0. The van der Waals surface area contributed by atoms with Gasteiger partial charge in [-0.05, 0) is 42.8 Å². The predicted octanol–water partition coefficient (Wildman–Crippen LogP) is 4.28. The first kappa shape index (κ1) is 13.4. The highest BCUT2D eigenvalue weighted by molar-refractivity contribution is 6.31. The third-order valence-corrected chi connectivity index (χ3v) is 2.71. The fourth-order valence-electron chi connectivity index (χ4n) is 1.57. The van der Waals surface area contributed by atoms with Gasteiger partial charge in [-0.25, -0.2) is 9.18 Å². The zero-order valence-corrected chi connectivity index (χ0v) is 10.7. The van der Waals surface area contributed by atoms with Crippen LogP contribution in [0.1, 0.15) is 15.9 Å². The van der Waals surface area contributed by atoms with Crippen LogP contribution in [0.4, 0.5) is 4.39 Å². The highest BCUT2D eigenvalue weighted by Crippen LogP contribution is 2.30. The number of ether oxygens (including phenoxy) is 1. The van der Waals surface area contributed by atoms with E-state index in [1.807, 2.05) is 0 Å². The van der Waals surface area contributed by atoms with Crippen LogP contribution in [-0.2, 0) is 0 Å². The Labute approximate surface area is 114 Å².